The average molecular weight is 326 g/mol. The van der Waals surface area contributed by atoms with Crippen molar-refractivity contribution in [3.05, 3.63) is 77.1 Å². The van der Waals surface area contributed by atoms with Crippen molar-refractivity contribution in [3.63, 3.8) is 0 Å². The number of hydrogen-bond donors (Lipinski definition) is 1. The number of aromatic nitrogens is 1. The van der Waals surface area contributed by atoms with Crippen LogP contribution in [-0.2, 0) is 0 Å². The first-order valence-electron chi connectivity index (χ1n) is 7.21. The molecule has 5 heteroatoms. The van der Waals surface area contributed by atoms with Gasteiger partial charge in [-0.05, 0) is 13.0 Å². The number of benzene rings is 2. The van der Waals surface area contributed by atoms with Crippen molar-refractivity contribution >= 4 is 17.2 Å². The van der Waals surface area contributed by atoms with Crippen LogP contribution in [0.2, 0.25) is 0 Å². The lowest BCUT2D eigenvalue weighted by Crippen LogP contribution is -2.26. The van der Waals surface area contributed by atoms with E-state index in [0.717, 1.165) is 10.6 Å². The molecule has 1 atom stereocenters. The van der Waals surface area contributed by atoms with Crippen LogP contribution in [0.25, 0.3) is 10.6 Å². The number of carbonyl (C=O) groups is 1. The molecule has 0 spiro atoms. The standard InChI is InChI=1S/C18H15FN2OS/c1-12(14-9-5-6-10-15(14)19)21-17(22)16-11-20-18(23-16)13-7-3-2-4-8-13/h2-12H,1H3,(H,21,22). The number of amides is 1. The lowest BCUT2D eigenvalue weighted by molar-refractivity contribution is 0.0943. The lowest BCUT2D eigenvalue weighted by Gasteiger charge is -2.14. The van der Waals surface area contributed by atoms with Crippen molar-refractivity contribution in [2.75, 3.05) is 0 Å². The van der Waals surface area contributed by atoms with Crippen LogP contribution in [0.4, 0.5) is 4.39 Å². The van der Waals surface area contributed by atoms with Gasteiger partial charge in [-0.25, -0.2) is 9.37 Å². The molecule has 1 aromatic heterocycles. The van der Waals surface area contributed by atoms with Gasteiger partial charge in [0.15, 0.2) is 0 Å². The normalized spacial score (nSPS) is 11.9. The summed E-state index contributed by atoms with van der Waals surface area (Å²) in [4.78, 5) is 17.1. The molecule has 1 N–H and O–H groups in total. The predicted molar refractivity (Wildman–Crippen MR) is 89.8 cm³/mol. The van der Waals surface area contributed by atoms with E-state index in [1.807, 2.05) is 30.3 Å². The maximum atomic E-state index is 13.8. The van der Waals surface area contributed by atoms with Crippen LogP contribution in [0.15, 0.2) is 60.8 Å². The summed E-state index contributed by atoms with van der Waals surface area (Å²) in [5.41, 5.74) is 1.44. The summed E-state index contributed by atoms with van der Waals surface area (Å²) in [6.07, 6.45) is 1.55. The van der Waals surface area contributed by atoms with Crippen LogP contribution >= 0.6 is 11.3 Å². The minimum absolute atomic E-state index is 0.250. The van der Waals surface area contributed by atoms with Crippen molar-refractivity contribution in [2.45, 2.75) is 13.0 Å². The highest BCUT2D eigenvalue weighted by Crippen LogP contribution is 2.25. The van der Waals surface area contributed by atoms with E-state index in [2.05, 4.69) is 10.3 Å². The molecule has 1 unspecified atom stereocenters. The van der Waals surface area contributed by atoms with Gasteiger partial charge in [0.25, 0.3) is 5.91 Å². The maximum Gasteiger partial charge on any atom is 0.263 e. The average Bonchev–Trinajstić information content (AvgIpc) is 3.06. The Kier molecular flexibility index (Phi) is 4.48. The maximum absolute atomic E-state index is 13.8. The topological polar surface area (TPSA) is 42.0 Å². The number of nitrogens with one attached hydrogen (secondary N) is 1. The van der Waals surface area contributed by atoms with Crippen molar-refractivity contribution < 1.29 is 9.18 Å². The van der Waals surface area contributed by atoms with Gasteiger partial charge in [0.05, 0.1) is 12.2 Å². The van der Waals surface area contributed by atoms with Crippen LogP contribution in [0.3, 0.4) is 0 Å². The third kappa shape index (κ3) is 3.46. The minimum Gasteiger partial charge on any atom is -0.345 e. The summed E-state index contributed by atoms with van der Waals surface area (Å²) in [5, 5.41) is 3.60. The van der Waals surface area contributed by atoms with Gasteiger partial charge in [-0.1, -0.05) is 48.5 Å². The van der Waals surface area contributed by atoms with E-state index >= 15 is 0 Å². The third-order valence-corrected chi connectivity index (χ3v) is 4.51. The van der Waals surface area contributed by atoms with Gasteiger partial charge < -0.3 is 5.32 Å². The van der Waals surface area contributed by atoms with Gasteiger partial charge in [0.2, 0.25) is 0 Å². The van der Waals surface area contributed by atoms with E-state index in [9.17, 15) is 9.18 Å². The molecular weight excluding hydrogens is 311 g/mol. The second kappa shape index (κ2) is 6.71. The van der Waals surface area contributed by atoms with Crippen molar-refractivity contribution in [1.29, 1.82) is 0 Å². The van der Waals surface area contributed by atoms with Gasteiger partial charge in [0, 0.05) is 11.1 Å². The number of nitrogens with zero attached hydrogens (tertiary/aromatic N) is 1. The second-order valence-electron chi connectivity index (χ2n) is 5.11. The van der Waals surface area contributed by atoms with Crippen molar-refractivity contribution in [1.82, 2.24) is 10.3 Å². The molecule has 0 aliphatic rings. The quantitative estimate of drug-likeness (QED) is 0.770. The molecule has 116 valence electrons. The zero-order chi connectivity index (χ0) is 16.2. The molecule has 2 aromatic carbocycles. The first kappa shape index (κ1) is 15.4. The Labute approximate surface area is 137 Å². The van der Waals surface area contributed by atoms with E-state index in [1.165, 1.54) is 17.4 Å². The van der Waals surface area contributed by atoms with Gasteiger partial charge in [0.1, 0.15) is 15.7 Å². The highest BCUT2D eigenvalue weighted by molar-refractivity contribution is 7.16. The number of halogens is 1. The number of carbonyl (C=O) groups excluding carboxylic acids is 1. The van der Waals surface area contributed by atoms with Gasteiger partial charge in [-0.15, -0.1) is 11.3 Å². The van der Waals surface area contributed by atoms with E-state index in [1.54, 1.807) is 31.3 Å². The third-order valence-electron chi connectivity index (χ3n) is 3.47. The molecule has 0 saturated carbocycles. The molecule has 0 radical (unpaired) electrons. The van der Waals surface area contributed by atoms with Gasteiger partial charge in [-0.2, -0.15) is 0 Å². The van der Waals surface area contributed by atoms with Crippen LogP contribution < -0.4 is 5.32 Å². The molecule has 3 rings (SSSR count). The Morgan fingerprint density at radius 2 is 1.83 bits per heavy atom. The summed E-state index contributed by atoms with van der Waals surface area (Å²) < 4.78 is 13.8. The molecule has 0 aliphatic carbocycles. The Balaban J connectivity index is 1.74. The predicted octanol–water partition coefficient (Wildman–Crippen LogP) is 4.44. The minimum atomic E-state index is -0.411. The van der Waals surface area contributed by atoms with E-state index < -0.39 is 6.04 Å². The lowest BCUT2D eigenvalue weighted by atomic mass is 10.1. The number of rotatable bonds is 4. The molecular formula is C18H15FN2OS. The summed E-state index contributed by atoms with van der Waals surface area (Å²) in [6.45, 7) is 1.76. The molecule has 1 amide bonds. The van der Waals surface area contributed by atoms with Crippen LogP contribution in [0.5, 0.6) is 0 Å². The second-order valence-corrected chi connectivity index (χ2v) is 6.14. The largest absolute Gasteiger partial charge is 0.345 e. The molecule has 0 bridgehead atoms. The Bertz CT molecular complexity index is 817. The van der Waals surface area contributed by atoms with Crippen LogP contribution in [0.1, 0.15) is 28.2 Å². The van der Waals surface area contributed by atoms with E-state index in [4.69, 9.17) is 0 Å². The first-order valence-corrected chi connectivity index (χ1v) is 8.03. The Hall–Kier alpha value is -2.53. The van der Waals surface area contributed by atoms with E-state index in [0.29, 0.717) is 10.4 Å². The fourth-order valence-corrected chi connectivity index (χ4v) is 3.09. The van der Waals surface area contributed by atoms with E-state index in [-0.39, 0.29) is 11.7 Å². The summed E-state index contributed by atoms with van der Waals surface area (Å²) in [5.74, 6) is -0.574. The zero-order valence-corrected chi connectivity index (χ0v) is 13.3. The van der Waals surface area contributed by atoms with Crippen LogP contribution in [0, 0.1) is 5.82 Å². The molecule has 0 aliphatic heterocycles. The van der Waals surface area contributed by atoms with Crippen LogP contribution in [-0.4, -0.2) is 10.9 Å². The number of thiazole rings is 1. The van der Waals surface area contributed by atoms with Gasteiger partial charge >= 0.3 is 0 Å². The SMILES string of the molecule is CC(NC(=O)c1cnc(-c2ccccc2)s1)c1ccccc1F. The molecule has 0 saturated heterocycles. The smallest absolute Gasteiger partial charge is 0.263 e. The fourth-order valence-electron chi connectivity index (χ4n) is 2.27. The Morgan fingerprint density at radius 1 is 1.13 bits per heavy atom. The monoisotopic (exact) mass is 326 g/mol. The summed E-state index contributed by atoms with van der Waals surface area (Å²) in [6, 6.07) is 15.7. The Morgan fingerprint density at radius 3 is 2.57 bits per heavy atom. The molecule has 3 aromatic rings. The van der Waals surface area contributed by atoms with Crippen molar-refractivity contribution in [3.8, 4) is 10.6 Å². The molecule has 0 fully saturated rings. The van der Waals surface area contributed by atoms with Crippen molar-refractivity contribution in [2.24, 2.45) is 0 Å². The molecule has 3 nitrogen and oxygen atoms in total. The highest BCUT2D eigenvalue weighted by atomic mass is 32.1. The summed E-state index contributed by atoms with van der Waals surface area (Å²) >= 11 is 1.32. The summed E-state index contributed by atoms with van der Waals surface area (Å²) in [7, 11) is 0. The zero-order valence-electron chi connectivity index (χ0n) is 12.5. The molecule has 23 heavy (non-hydrogen) atoms. The number of hydrogen-bond acceptors (Lipinski definition) is 3. The first-order chi connectivity index (χ1) is 11.1. The highest BCUT2D eigenvalue weighted by Gasteiger charge is 2.16. The van der Waals surface area contributed by atoms with Gasteiger partial charge in [-0.3, -0.25) is 4.79 Å². The molecule has 1 heterocycles. The fraction of sp³-hybridized carbons (Fsp3) is 0.111.